The van der Waals surface area contributed by atoms with Gasteiger partial charge in [-0.2, -0.15) is 0 Å². The number of halogens is 1. The number of fused-ring (bicyclic) bond motifs is 1. The summed E-state index contributed by atoms with van der Waals surface area (Å²) >= 11 is 6.53. The summed E-state index contributed by atoms with van der Waals surface area (Å²) in [5.74, 6) is -0.561. The lowest BCUT2D eigenvalue weighted by atomic mass is 9.97. The number of anilines is 2. The quantitative estimate of drug-likeness (QED) is 0.422. The largest absolute Gasteiger partial charge is 0.416 e. The van der Waals surface area contributed by atoms with Gasteiger partial charge in [-0.15, -0.1) is 0 Å². The molecule has 0 saturated carbocycles. The highest BCUT2D eigenvalue weighted by atomic mass is 35.5. The van der Waals surface area contributed by atoms with Crippen molar-refractivity contribution in [1.29, 1.82) is 0 Å². The maximum absolute atomic E-state index is 13.4. The molecular weight excluding hydrogens is 452 g/mol. The van der Waals surface area contributed by atoms with E-state index < -0.39 is 11.5 Å². The Morgan fingerprint density at radius 1 is 0.971 bits per heavy atom. The fourth-order valence-electron chi connectivity index (χ4n) is 4.20. The first-order valence-electron chi connectivity index (χ1n) is 11.1. The lowest BCUT2D eigenvalue weighted by molar-refractivity contribution is 0.0994. The lowest BCUT2D eigenvalue weighted by Crippen LogP contribution is -2.36. The predicted molar refractivity (Wildman–Crippen MR) is 135 cm³/mol. The zero-order valence-electron chi connectivity index (χ0n) is 18.6. The predicted octanol–water partition coefficient (Wildman–Crippen LogP) is 5.51. The van der Waals surface area contributed by atoms with Crippen molar-refractivity contribution in [3.05, 3.63) is 93.5 Å². The molecule has 3 aromatic carbocycles. The van der Waals surface area contributed by atoms with Gasteiger partial charge in [0, 0.05) is 29.7 Å². The van der Waals surface area contributed by atoms with Gasteiger partial charge < -0.3 is 19.4 Å². The number of carbonyl (C=O) groups is 1. The number of aryl methyl sites for hydroxylation is 1. The van der Waals surface area contributed by atoms with E-state index in [1.807, 2.05) is 49.4 Å². The molecule has 7 heteroatoms. The van der Waals surface area contributed by atoms with Crippen molar-refractivity contribution >= 4 is 39.7 Å². The van der Waals surface area contributed by atoms with Crippen LogP contribution in [0.25, 0.3) is 21.9 Å². The molecule has 0 aliphatic carbocycles. The molecule has 0 unspecified atom stereocenters. The van der Waals surface area contributed by atoms with E-state index in [0.29, 0.717) is 40.3 Å². The van der Waals surface area contributed by atoms with Crippen LogP contribution in [0.2, 0.25) is 5.02 Å². The molecule has 1 aliphatic heterocycles. The molecule has 1 aromatic heterocycles. The topological polar surface area (TPSA) is 71.8 Å². The SMILES string of the molecule is Cc1ccc(-c2c(C(=O)Nc3ccc(N4CCOCC4)c(Cl)c3)oc(=O)c3ccccc23)cc1. The minimum Gasteiger partial charge on any atom is -0.416 e. The molecule has 2 heterocycles. The minimum absolute atomic E-state index is 0.0408. The molecular formula is C27H23ClN2O4. The maximum atomic E-state index is 13.4. The van der Waals surface area contributed by atoms with Crippen LogP contribution >= 0.6 is 11.6 Å². The van der Waals surface area contributed by atoms with Gasteiger partial charge in [-0.3, -0.25) is 4.79 Å². The highest BCUT2D eigenvalue weighted by Gasteiger charge is 2.22. The van der Waals surface area contributed by atoms with E-state index in [0.717, 1.165) is 29.9 Å². The van der Waals surface area contributed by atoms with E-state index in [-0.39, 0.29) is 5.76 Å². The molecule has 0 radical (unpaired) electrons. The second-order valence-electron chi connectivity index (χ2n) is 8.22. The Balaban J connectivity index is 1.53. The molecule has 0 bridgehead atoms. The Labute approximate surface area is 201 Å². The Kier molecular flexibility index (Phi) is 6.09. The highest BCUT2D eigenvalue weighted by Crippen LogP contribution is 2.33. The van der Waals surface area contributed by atoms with Gasteiger partial charge in [-0.05, 0) is 36.8 Å². The van der Waals surface area contributed by atoms with Gasteiger partial charge in [0.05, 0.1) is 29.3 Å². The van der Waals surface area contributed by atoms with Gasteiger partial charge >= 0.3 is 5.63 Å². The van der Waals surface area contributed by atoms with E-state index in [4.69, 9.17) is 20.8 Å². The number of benzene rings is 3. The second kappa shape index (κ2) is 9.33. The van der Waals surface area contributed by atoms with Crippen LogP contribution in [0.4, 0.5) is 11.4 Å². The molecule has 1 saturated heterocycles. The molecule has 34 heavy (non-hydrogen) atoms. The molecule has 4 aromatic rings. The lowest BCUT2D eigenvalue weighted by Gasteiger charge is -2.29. The van der Waals surface area contributed by atoms with Crippen LogP contribution < -0.4 is 15.8 Å². The summed E-state index contributed by atoms with van der Waals surface area (Å²) in [6, 6.07) is 20.3. The van der Waals surface area contributed by atoms with Crippen molar-refractivity contribution in [1.82, 2.24) is 0 Å². The smallest absolute Gasteiger partial charge is 0.344 e. The van der Waals surface area contributed by atoms with Crippen molar-refractivity contribution in [3.63, 3.8) is 0 Å². The number of hydrogen-bond donors (Lipinski definition) is 1. The standard InChI is InChI=1S/C27H23ClN2O4/c1-17-6-8-18(9-7-17)24-20-4-2-3-5-21(20)27(32)34-25(24)26(31)29-19-10-11-23(22(28)16-19)30-12-14-33-15-13-30/h2-11,16H,12-15H2,1H3,(H,29,31). The van der Waals surface area contributed by atoms with Gasteiger partial charge in [0.2, 0.25) is 5.76 Å². The first kappa shape index (κ1) is 22.2. The van der Waals surface area contributed by atoms with Gasteiger partial charge in [0.1, 0.15) is 0 Å². The number of hydrogen-bond acceptors (Lipinski definition) is 5. The Bertz CT molecular complexity index is 1420. The zero-order valence-corrected chi connectivity index (χ0v) is 19.4. The van der Waals surface area contributed by atoms with E-state index in [1.54, 1.807) is 24.3 Å². The maximum Gasteiger partial charge on any atom is 0.344 e. The number of carbonyl (C=O) groups excluding carboxylic acids is 1. The van der Waals surface area contributed by atoms with Crippen LogP contribution in [0, 0.1) is 6.92 Å². The molecule has 0 spiro atoms. The van der Waals surface area contributed by atoms with E-state index in [2.05, 4.69) is 10.2 Å². The third kappa shape index (κ3) is 4.30. The summed E-state index contributed by atoms with van der Waals surface area (Å²) in [5, 5.41) is 4.45. The molecule has 1 fully saturated rings. The first-order valence-corrected chi connectivity index (χ1v) is 11.5. The number of morpholine rings is 1. The third-order valence-electron chi connectivity index (χ3n) is 5.94. The second-order valence-corrected chi connectivity index (χ2v) is 8.63. The van der Waals surface area contributed by atoms with Crippen LogP contribution in [0.5, 0.6) is 0 Å². The number of nitrogens with one attached hydrogen (secondary N) is 1. The average molecular weight is 475 g/mol. The molecule has 5 rings (SSSR count). The number of ether oxygens (including phenoxy) is 1. The highest BCUT2D eigenvalue weighted by molar-refractivity contribution is 6.33. The zero-order chi connectivity index (χ0) is 23.7. The monoisotopic (exact) mass is 474 g/mol. The Morgan fingerprint density at radius 2 is 1.68 bits per heavy atom. The van der Waals surface area contributed by atoms with Gasteiger partial charge in [0.25, 0.3) is 5.91 Å². The summed E-state index contributed by atoms with van der Waals surface area (Å²) in [5.41, 5.74) is 3.29. The fraction of sp³-hybridized carbons (Fsp3) is 0.185. The molecule has 6 nitrogen and oxygen atoms in total. The van der Waals surface area contributed by atoms with Crippen molar-refractivity contribution in [2.24, 2.45) is 0 Å². The Morgan fingerprint density at radius 3 is 2.38 bits per heavy atom. The van der Waals surface area contributed by atoms with Crippen LogP contribution in [-0.2, 0) is 4.74 Å². The van der Waals surface area contributed by atoms with Crippen LogP contribution in [0.15, 0.2) is 75.9 Å². The summed E-state index contributed by atoms with van der Waals surface area (Å²) in [7, 11) is 0. The van der Waals surface area contributed by atoms with Crippen molar-refractivity contribution in [2.45, 2.75) is 6.92 Å². The molecule has 1 aliphatic rings. The summed E-state index contributed by atoms with van der Waals surface area (Å²) in [6.07, 6.45) is 0. The van der Waals surface area contributed by atoms with Gasteiger partial charge in [0.15, 0.2) is 0 Å². The third-order valence-corrected chi connectivity index (χ3v) is 6.24. The fourth-order valence-corrected chi connectivity index (χ4v) is 4.50. The number of amides is 1. The summed E-state index contributed by atoms with van der Waals surface area (Å²) in [4.78, 5) is 28.2. The van der Waals surface area contributed by atoms with Crippen molar-refractivity contribution in [3.8, 4) is 11.1 Å². The summed E-state index contributed by atoms with van der Waals surface area (Å²) < 4.78 is 11.0. The van der Waals surface area contributed by atoms with E-state index >= 15 is 0 Å². The number of rotatable bonds is 4. The molecule has 1 amide bonds. The Hall–Kier alpha value is -3.61. The van der Waals surface area contributed by atoms with Gasteiger partial charge in [-0.1, -0.05) is 59.6 Å². The summed E-state index contributed by atoms with van der Waals surface area (Å²) in [6.45, 7) is 4.81. The van der Waals surface area contributed by atoms with E-state index in [1.165, 1.54) is 0 Å². The first-order chi connectivity index (χ1) is 16.5. The van der Waals surface area contributed by atoms with Crippen LogP contribution in [0.3, 0.4) is 0 Å². The van der Waals surface area contributed by atoms with Gasteiger partial charge in [-0.25, -0.2) is 4.79 Å². The normalized spacial score (nSPS) is 13.8. The van der Waals surface area contributed by atoms with Crippen molar-refractivity contribution < 1.29 is 13.9 Å². The molecule has 1 N–H and O–H groups in total. The molecule has 172 valence electrons. The average Bonchev–Trinajstić information content (AvgIpc) is 2.85. The van der Waals surface area contributed by atoms with Crippen LogP contribution in [-0.4, -0.2) is 32.2 Å². The van der Waals surface area contributed by atoms with E-state index in [9.17, 15) is 9.59 Å². The van der Waals surface area contributed by atoms with Crippen molar-refractivity contribution in [2.75, 3.05) is 36.5 Å². The number of nitrogens with zero attached hydrogens (tertiary/aromatic N) is 1. The van der Waals surface area contributed by atoms with Crippen LogP contribution in [0.1, 0.15) is 16.1 Å². The minimum atomic E-state index is -0.558. The molecule has 0 atom stereocenters.